The normalized spacial score (nSPS) is 23.7. The maximum Gasteiger partial charge on any atom is 0.265 e. The lowest BCUT2D eigenvalue weighted by atomic mass is 10.2. The summed E-state index contributed by atoms with van der Waals surface area (Å²) in [5.74, 6) is 0.760. The first-order chi connectivity index (χ1) is 12.7. The zero-order valence-electron chi connectivity index (χ0n) is 15.0. The average molecular weight is 358 g/mol. The van der Waals surface area contributed by atoms with Crippen LogP contribution in [0.25, 0.3) is 0 Å². The predicted octanol–water partition coefficient (Wildman–Crippen LogP) is 0.308. The van der Waals surface area contributed by atoms with Gasteiger partial charge in [0.1, 0.15) is 5.75 Å². The van der Waals surface area contributed by atoms with E-state index in [0.717, 1.165) is 51.4 Å². The number of ether oxygens (including phenoxy) is 1. The number of para-hydroxylation sites is 2. The van der Waals surface area contributed by atoms with Crippen LogP contribution in [-0.2, 0) is 9.59 Å². The Kier molecular flexibility index (Phi) is 5.08. The summed E-state index contributed by atoms with van der Waals surface area (Å²) in [4.78, 5) is 31.0. The third kappa shape index (κ3) is 3.54. The lowest BCUT2D eigenvalue weighted by Crippen LogP contribution is -2.49. The summed E-state index contributed by atoms with van der Waals surface area (Å²) in [7, 11) is 0. The Bertz CT molecular complexity index is 675. The maximum atomic E-state index is 12.7. The Labute approximate surface area is 153 Å². The molecule has 0 saturated carbocycles. The van der Waals surface area contributed by atoms with Gasteiger partial charge < -0.3 is 19.9 Å². The number of carbonyl (C=O) groups excluding carboxylic acids is 2. The number of piperazine rings is 1. The molecule has 3 aliphatic rings. The van der Waals surface area contributed by atoms with Crippen molar-refractivity contribution < 1.29 is 14.3 Å². The van der Waals surface area contributed by atoms with Crippen molar-refractivity contribution in [3.05, 3.63) is 24.3 Å². The predicted molar refractivity (Wildman–Crippen MR) is 98.3 cm³/mol. The minimum atomic E-state index is -0.0865. The van der Waals surface area contributed by atoms with E-state index in [9.17, 15) is 9.59 Å². The Morgan fingerprint density at radius 3 is 2.85 bits per heavy atom. The Hall–Kier alpha value is -2.12. The summed E-state index contributed by atoms with van der Waals surface area (Å²) in [6.45, 7) is 6.27. The molecule has 7 nitrogen and oxygen atoms in total. The highest BCUT2D eigenvalue weighted by Gasteiger charge is 2.32. The molecule has 7 heteroatoms. The number of benzene rings is 1. The molecule has 26 heavy (non-hydrogen) atoms. The molecule has 1 aromatic rings. The molecule has 0 radical (unpaired) electrons. The molecule has 0 spiro atoms. The number of anilines is 1. The van der Waals surface area contributed by atoms with Gasteiger partial charge in [-0.05, 0) is 18.6 Å². The van der Waals surface area contributed by atoms with Crippen molar-refractivity contribution in [3.8, 4) is 5.75 Å². The Morgan fingerprint density at radius 2 is 2.00 bits per heavy atom. The molecule has 4 rings (SSSR count). The molecule has 1 unspecified atom stereocenters. The van der Waals surface area contributed by atoms with E-state index in [4.69, 9.17) is 4.74 Å². The third-order valence-corrected chi connectivity index (χ3v) is 5.54. The minimum absolute atomic E-state index is 0.0417. The number of likely N-dealkylation sites (tertiary alicyclic amines) is 1. The number of nitrogens with one attached hydrogen (secondary N) is 1. The van der Waals surface area contributed by atoms with Gasteiger partial charge in [-0.1, -0.05) is 12.1 Å². The highest BCUT2D eigenvalue weighted by molar-refractivity contribution is 5.98. The first-order valence-electron chi connectivity index (χ1n) is 9.47. The van der Waals surface area contributed by atoms with E-state index in [-0.39, 0.29) is 18.4 Å². The second-order valence-electron chi connectivity index (χ2n) is 7.12. The summed E-state index contributed by atoms with van der Waals surface area (Å²) in [6.07, 6.45) is 1.40. The molecular weight excluding hydrogens is 332 g/mol. The van der Waals surface area contributed by atoms with Gasteiger partial charge in [-0.2, -0.15) is 0 Å². The van der Waals surface area contributed by atoms with Crippen molar-refractivity contribution in [2.45, 2.75) is 18.9 Å². The van der Waals surface area contributed by atoms with Crippen LogP contribution in [-0.4, -0.2) is 80.1 Å². The highest BCUT2D eigenvalue weighted by Crippen LogP contribution is 2.31. The fourth-order valence-corrected chi connectivity index (χ4v) is 4.08. The van der Waals surface area contributed by atoms with Gasteiger partial charge in [0, 0.05) is 58.3 Å². The van der Waals surface area contributed by atoms with E-state index in [1.54, 1.807) is 4.90 Å². The molecule has 0 bridgehead atoms. The van der Waals surface area contributed by atoms with Gasteiger partial charge in [0.25, 0.3) is 5.91 Å². The molecule has 0 aliphatic carbocycles. The number of nitrogens with zero attached hydrogens (tertiary/aromatic N) is 3. The maximum absolute atomic E-state index is 12.7. The van der Waals surface area contributed by atoms with Crippen LogP contribution in [0, 0.1) is 0 Å². The van der Waals surface area contributed by atoms with E-state index in [1.807, 2.05) is 29.2 Å². The van der Waals surface area contributed by atoms with Crippen LogP contribution in [0.15, 0.2) is 24.3 Å². The number of hydrogen-bond donors (Lipinski definition) is 1. The van der Waals surface area contributed by atoms with E-state index in [1.165, 1.54) is 0 Å². The molecule has 140 valence electrons. The topological polar surface area (TPSA) is 65.1 Å². The highest BCUT2D eigenvalue weighted by atomic mass is 16.5. The van der Waals surface area contributed by atoms with Crippen molar-refractivity contribution in [1.82, 2.24) is 15.1 Å². The molecule has 1 aromatic carbocycles. The van der Waals surface area contributed by atoms with Crippen molar-refractivity contribution in [3.63, 3.8) is 0 Å². The molecular formula is C19H26N4O3. The molecule has 1 atom stereocenters. The lowest BCUT2D eigenvalue weighted by Gasteiger charge is -2.32. The SMILES string of the molecule is O=C(CCN1C(=O)COc2ccccc21)N1CCC(N2CCNCC2)C1. The Morgan fingerprint density at radius 1 is 1.19 bits per heavy atom. The summed E-state index contributed by atoms with van der Waals surface area (Å²) in [5, 5.41) is 3.37. The van der Waals surface area contributed by atoms with Crippen LogP contribution >= 0.6 is 0 Å². The zero-order valence-corrected chi connectivity index (χ0v) is 15.0. The number of rotatable bonds is 4. The van der Waals surface area contributed by atoms with Gasteiger partial charge in [-0.3, -0.25) is 14.5 Å². The number of carbonyl (C=O) groups is 2. The van der Waals surface area contributed by atoms with Gasteiger partial charge >= 0.3 is 0 Å². The molecule has 3 aliphatic heterocycles. The second-order valence-corrected chi connectivity index (χ2v) is 7.12. The van der Waals surface area contributed by atoms with Gasteiger partial charge in [-0.15, -0.1) is 0 Å². The minimum Gasteiger partial charge on any atom is -0.482 e. The third-order valence-electron chi connectivity index (χ3n) is 5.54. The quantitative estimate of drug-likeness (QED) is 0.839. The van der Waals surface area contributed by atoms with Crippen molar-refractivity contribution in [2.75, 3.05) is 57.3 Å². The van der Waals surface area contributed by atoms with Crippen LogP contribution in [0.3, 0.4) is 0 Å². The summed E-state index contributed by atoms with van der Waals surface area (Å²) < 4.78 is 5.46. The van der Waals surface area contributed by atoms with Crippen LogP contribution in [0.1, 0.15) is 12.8 Å². The molecule has 0 aromatic heterocycles. The first-order valence-corrected chi connectivity index (χ1v) is 9.47. The summed E-state index contributed by atoms with van der Waals surface area (Å²) >= 11 is 0. The monoisotopic (exact) mass is 358 g/mol. The van der Waals surface area contributed by atoms with Crippen molar-refractivity contribution in [1.29, 1.82) is 0 Å². The summed E-state index contributed by atoms with van der Waals surface area (Å²) in [6, 6.07) is 7.97. The molecule has 2 saturated heterocycles. The van der Waals surface area contributed by atoms with E-state index >= 15 is 0 Å². The first kappa shape index (κ1) is 17.3. The number of amides is 2. The largest absolute Gasteiger partial charge is 0.482 e. The lowest BCUT2D eigenvalue weighted by molar-refractivity contribution is -0.130. The van der Waals surface area contributed by atoms with E-state index in [2.05, 4.69) is 10.2 Å². The van der Waals surface area contributed by atoms with Gasteiger partial charge in [0.15, 0.2) is 6.61 Å². The van der Waals surface area contributed by atoms with Crippen LogP contribution in [0.5, 0.6) is 5.75 Å². The Balaban J connectivity index is 1.32. The average Bonchev–Trinajstić information content (AvgIpc) is 3.18. The smallest absolute Gasteiger partial charge is 0.265 e. The van der Waals surface area contributed by atoms with E-state index in [0.29, 0.717) is 24.8 Å². The summed E-state index contributed by atoms with van der Waals surface area (Å²) in [5.41, 5.74) is 0.761. The zero-order chi connectivity index (χ0) is 17.9. The van der Waals surface area contributed by atoms with Crippen LogP contribution < -0.4 is 15.0 Å². The van der Waals surface area contributed by atoms with Crippen LogP contribution in [0.4, 0.5) is 5.69 Å². The standard InChI is InChI=1S/C19H26N4O3/c24-18(22-9-5-15(13-22)21-11-7-20-8-12-21)6-10-23-16-3-1-2-4-17(16)26-14-19(23)25/h1-4,15,20H,5-14H2. The van der Waals surface area contributed by atoms with E-state index < -0.39 is 0 Å². The van der Waals surface area contributed by atoms with Gasteiger partial charge in [0.2, 0.25) is 5.91 Å². The fourth-order valence-electron chi connectivity index (χ4n) is 4.08. The number of hydrogen-bond acceptors (Lipinski definition) is 5. The van der Waals surface area contributed by atoms with Crippen LogP contribution in [0.2, 0.25) is 0 Å². The fraction of sp³-hybridized carbons (Fsp3) is 0.579. The molecule has 3 heterocycles. The van der Waals surface area contributed by atoms with Crippen molar-refractivity contribution in [2.24, 2.45) is 0 Å². The van der Waals surface area contributed by atoms with Gasteiger partial charge in [-0.25, -0.2) is 0 Å². The molecule has 1 N–H and O–H groups in total. The molecule has 2 amide bonds. The second kappa shape index (κ2) is 7.63. The number of fused-ring (bicyclic) bond motifs is 1. The van der Waals surface area contributed by atoms with Gasteiger partial charge in [0.05, 0.1) is 5.69 Å². The van der Waals surface area contributed by atoms with Crippen molar-refractivity contribution >= 4 is 17.5 Å². The molecule has 2 fully saturated rings.